The lowest BCUT2D eigenvalue weighted by atomic mass is 10.1. The molecule has 108 valence electrons. The van der Waals surface area contributed by atoms with Crippen LogP contribution >= 0.6 is 0 Å². The molecule has 0 amide bonds. The van der Waals surface area contributed by atoms with Crippen LogP contribution in [0.15, 0.2) is 0 Å². The van der Waals surface area contributed by atoms with Crippen molar-refractivity contribution in [1.29, 1.82) is 0 Å². The quantitative estimate of drug-likeness (QED) is 0.292. The largest absolute Gasteiger partial charge is 0.367 e. The summed E-state index contributed by atoms with van der Waals surface area (Å²) in [5.41, 5.74) is 0. The Morgan fingerprint density at radius 3 is 1.94 bits per heavy atom. The Morgan fingerprint density at radius 1 is 0.889 bits per heavy atom. The van der Waals surface area contributed by atoms with E-state index in [1.165, 1.54) is 75.6 Å². The van der Waals surface area contributed by atoms with Gasteiger partial charge in [0, 0.05) is 0 Å². The predicted molar refractivity (Wildman–Crippen MR) is 78.8 cm³/mol. The van der Waals surface area contributed by atoms with E-state index in [2.05, 4.69) is 20.8 Å². The van der Waals surface area contributed by atoms with E-state index in [4.69, 9.17) is 4.74 Å². The monoisotopic (exact) mass is 256 g/mol. The molecule has 0 aromatic heterocycles. The van der Waals surface area contributed by atoms with E-state index >= 15 is 0 Å². The first kappa shape index (κ1) is 16.0. The van der Waals surface area contributed by atoms with Crippen molar-refractivity contribution in [1.82, 2.24) is 0 Å². The molecule has 1 saturated heterocycles. The second kappa shape index (κ2) is 8.92. The van der Waals surface area contributed by atoms with Crippen molar-refractivity contribution in [3.05, 3.63) is 0 Å². The molecule has 1 rings (SSSR count). The van der Waals surface area contributed by atoms with Gasteiger partial charge in [-0.05, 0) is 26.7 Å². The third-order valence-electron chi connectivity index (χ3n) is 4.57. The molecule has 0 aromatic carbocycles. The molecule has 0 aliphatic carbocycles. The van der Waals surface area contributed by atoms with E-state index in [1.54, 1.807) is 0 Å². The van der Waals surface area contributed by atoms with Crippen molar-refractivity contribution in [2.75, 3.05) is 32.8 Å². The zero-order valence-electron chi connectivity index (χ0n) is 12.9. The van der Waals surface area contributed by atoms with Gasteiger partial charge in [-0.2, -0.15) is 0 Å². The van der Waals surface area contributed by atoms with Crippen molar-refractivity contribution in [3.8, 4) is 0 Å². The first-order valence-electron chi connectivity index (χ1n) is 8.23. The molecule has 0 radical (unpaired) electrons. The number of likely N-dealkylation sites (N-methyl/N-ethyl adjacent to an activating group) is 1. The molecule has 2 nitrogen and oxygen atoms in total. The minimum atomic E-state index is 0.578. The molecule has 1 heterocycles. The molecule has 1 unspecified atom stereocenters. The van der Waals surface area contributed by atoms with Crippen molar-refractivity contribution in [2.24, 2.45) is 0 Å². The maximum absolute atomic E-state index is 5.42. The highest BCUT2D eigenvalue weighted by molar-refractivity contribution is 4.68. The Morgan fingerprint density at radius 2 is 1.44 bits per heavy atom. The Labute approximate surface area is 114 Å². The van der Waals surface area contributed by atoms with E-state index in [9.17, 15) is 0 Å². The average molecular weight is 256 g/mol. The predicted octanol–water partition coefficient (Wildman–Crippen LogP) is 3.99. The third-order valence-corrected chi connectivity index (χ3v) is 4.57. The fraction of sp³-hybridized carbons (Fsp3) is 1.00. The van der Waals surface area contributed by atoms with E-state index < -0.39 is 0 Å². The lowest BCUT2D eigenvalue weighted by Gasteiger charge is -2.36. The molecule has 0 N–H and O–H groups in total. The van der Waals surface area contributed by atoms with Gasteiger partial charge in [0.15, 0.2) is 0 Å². The minimum Gasteiger partial charge on any atom is -0.367 e. The second-order valence-electron chi connectivity index (χ2n) is 5.96. The molecule has 1 aliphatic heterocycles. The SMILES string of the molecule is CCCCCCCCC[N+](CC)(CC)CC1CO1. The van der Waals surface area contributed by atoms with Crippen LogP contribution in [-0.4, -0.2) is 43.4 Å². The van der Waals surface area contributed by atoms with E-state index in [-0.39, 0.29) is 0 Å². The van der Waals surface area contributed by atoms with Crippen LogP contribution in [0, 0.1) is 0 Å². The topological polar surface area (TPSA) is 12.5 Å². The van der Waals surface area contributed by atoms with E-state index in [0.717, 1.165) is 6.61 Å². The number of hydrogen-bond donors (Lipinski definition) is 0. The highest BCUT2D eigenvalue weighted by Gasteiger charge is 2.34. The Hall–Kier alpha value is -0.0800. The number of unbranched alkanes of at least 4 members (excludes halogenated alkanes) is 6. The molecule has 0 bridgehead atoms. The standard InChI is InChI=1S/C16H34NO/c1-4-7-8-9-10-11-12-13-17(5-2,6-3)14-16-15-18-16/h16H,4-15H2,1-3H3/q+1. The Balaban J connectivity index is 2.09. The lowest BCUT2D eigenvalue weighted by Crippen LogP contribution is -2.50. The first-order valence-corrected chi connectivity index (χ1v) is 8.23. The van der Waals surface area contributed by atoms with Gasteiger partial charge >= 0.3 is 0 Å². The maximum atomic E-state index is 5.42. The molecule has 0 spiro atoms. The molecule has 0 saturated carbocycles. The summed E-state index contributed by atoms with van der Waals surface area (Å²) in [7, 11) is 0. The smallest absolute Gasteiger partial charge is 0.130 e. The van der Waals surface area contributed by atoms with Gasteiger partial charge < -0.3 is 9.22 Å². The number of nitrogens with zero attached hydrogens (tertiary/aromatic N) is 1. The fourth-order valence-electron chi connectivity index (χ4n) is 2.90. The van der Waals surface area contributed by atoms with E-state index in [0.29, 0.717) is 6.10 Å². The van der Waals surface area contributed by atoms with Gasteiger partial charge in [0.25, 0.3) is 0 Å². The molecule has 18 heavy (non-hydrogen) atoms. The number of hydrogen-bond acceptors (Lipinski definition) is 1. The van der Waals surface area contributed by atoms with Crippen LogP contribution in [0.25, 0.3) is 0 Å². The van der Waals surface area contributed by atoms with Crippen molar-refractivity contribution >= 4 is 0 Å². The van der Waals surface area contributed by atoms with Crippen molar-refractivity contribution in [2.45, 2.75) is 71.8 Å². The van der Waals surface area contributed by atoms with Gasteiger partial charge in [-0.1, -0.05) is 39.0 Å². The molecule has 2 heteroatoms. The summed E-state index contributed by atoms with van der Waals surface area (Å²) in [6.45, 7) is 13.1. The van der Waals surface area contributed by atoms with E-state index in [1.807, 2.05) is 0 Å². The van der Waals surface area contributed by atoms with Crippen LogP contribution in [0.1, 0.15) is 65.7 Å². The molecule has 1 atom stereocenters. The van der Waals surface area contributed by atoms with Gasteiger partial charge in [0.1, 0.15) is 12.6 Å². The summed E-state index contributed by atoms with van der Waals surface area (Å²) in [5.74, 6) is 0. The Bertz CT molecular complexity index is 197. The normalized spacial score (nSPS) is 19.2. The number of ether oxygens (including phenoxy) is 1. The molecular weight excluding hydrogens is 222 g/mol. The molecule has 1 fully saturated rings. The summed E-state index contributed by atoms with van der Waals surface area (Å²) in [5, 5.41) is 0. The highest BCUT2D eigenvalue weighted by atomic mass is 16.6. The van der Waals surface area contributed by atoms with Gasteiger partial charge in [-0.15, -0.1) is 0 Å². The van der Waals surface area contributed by atoms with Crippen LogP contribution in [0.4, 0.5) is 0 Å². The summed E-state index contributed by atoms with van der Waals surface area (Å²) in [6.07, 6.45) is 10.5. The number of rotatable bonds is 12. The van der Waals surface area contributed by atoms with Crippen LogP contribution in [0.3, 0.4) is 0 Å². The van der Waals surface area contributed by atoms with Gasteiger partial charge in [-0.3, -0.25) is 0 Å². The summed E-state index contributed by atoms with van der Waals surface area (Å²) >= 11 is 0. The maximum Gasteiger partial charge on any atom is 0.130 e. The number of epoxide rings is 1. The summed E-state index contributed by atoms with van der Waals surface area (Å²) < 4.78 is 6.70. The number of quaternary nitrogens is 1. The van der Waals surface area contributed by atoms with Crippen molar-refractivity contribution in [3.63, 3.8) is 0 Å². The zero-order chi connectivity index (χ0) is 13.3. The lowest BCUT2D eigenvalue weighted by molar-refractivity contribution is -0.925. The highest BCUT2D eigenvalue weighted by Crippen LogP contribution is 2.19. The van der Waals surface area contributed by atoms with Gasteiger partial charge in [0.2, 0.25) is 0 Å². The second-order valence-corrected chi connectivity index (χ2v) is 5.96. The average Bonchev–Trinajstić information content (AvgIpc) is 3.20. The van der Waals surface area contributed by atoms with Crippen LogP contribution in [0.2, 0.25) is 0 Å². The zero-order valence-corrected chi connectivity index (χ0v) is 12.9. The van der Waals surface area contributed by atoms with Crippen molar-refractivity contribution < 1.29 is 9.22 Å². The fourth-order valence-corrected chi connectivity index (χ4v) is 2.90. The summed E-state index contributed by atoms with van der Waals surface area (Å²) in [6, 6.07) is 0. The van der Waals surface area contributed by atoms with Gasteiger partial charge in [0.05, 0.1) is 26.2 Å². The minimum absolute atomic E-state index is 0.578. The molecular formula is C16H34NO+. The van der Waals surface area contributed by atoms with Gasteiger partial charge in [-0.25, -0.2) is 0 Å². The van der Waals surface area contributed by atoms with Crippen LogP contribution < -0.4 is 0 Å². The third kappa shape index (κ3) is 6.19. The molecule has 1 aliphatic rings. The first-order chi connectivity index (χ1) is 8.76. The van der Waals surface area contributed by atoms with Crippen LogP contribution in [0.5, 0.6) is 0 Å². The summed E-state index contributed by atoms with van der Waals surface area (Å²) in [4.78, 5) is 0. The Kier molecular flexibility index (Phi) is 7.92. The molecule has 0 aromatic rings. The van der Waals surface area contributed by atoms with Crippen LogP contribution in [-0.2, 0) is 4.74 Å².